The zero-order chi connectivity index (χ0) is 14.5. The van der Waals surface area contributed by atoms with Gasteiger partial charge in [-0.05, 0) is 24.5 Å². The lowest BCUT2D eigenvalue weighted by Gasteiger charge is -2.35. The van der Waals surface area contributed by atoms with E-state index in [1.807, 2.05) is 13.8 Å². The zero-order valence-electron chi connectivity index (χ0n) is 11.8. The smallest absolute Gasteiger partial charge is 0.322 e. The first kappa shape index (κ1) is 14.3. The third-order valence-corrected chi connectivity index (χ3v) is 3.22. The van der Waals surface area contributed by atoms with Gasteiger partial charge in [0.1, 0.15) is 6.04 Å². The lowest BCUT2D eigenvalue weighted by Crippen LogP contribution is -2.58. The van der Waals surface area contributed by atoms with Gasteiger partial charge in [0.15, 0.2) is 0 Å². The molecule has 1 aliphatic rings. The van der Waals surface area contributed by atoms with Crippen LogP contribution in [0.3, 0.4) is 0 Å². The summed E-state index contributed by atoms with van der Waals surface area (Å²) in [7, 11) is 0. The van der Waals surface area contributed by atoms with E-state index in [2.05, 4.69) is 15.6 Å². The fraction of sp³-hybridized carbons (Fsp3) is 0.500. The first-order chi connectivity index (χ1) is 9.58. The molecule has 1 aromatic rings. The van der Waals surface area contributed by atoms with Gasteiger partial charge in [-0.3, -0.25) is 9.78 Å². The number of carbonyl (C=O) groups excluding carboxylic acids is 2. The number of nitrogens with one attached hydrogen (secondary N) is 2. The van der Waals surface area contributed by atoms with Crippen LogP contribution in [0.15, 0.2) is 24.5 Å². The lowest BCUT2D eigenvalue weighted by atomic mass is 10.0. The van der Waals surface area contributed by atoms with Crippen LogP contribution in [0.5, 0.6) is 0 Å². The monoisotopic (exact) mass is 276 g/mol. The molecule has 0 saturated carbocycles. The number of aromatic nitrogens is 1. The minimum Gasteiger partial charge on any atom is -0.353 e. The molecule has 20 heavy (non-hydrogen) atoms. The average Bonchev–Trinajstić information content (AvgIpc) is 2.41. The van der Waals surface area contributed by atoms with E-state index < -0.39 is 6.04 Å². The van der Waals surface area contributed by atoms with Gasteiger partial charge in [0.2, 0.25) is 5.91 Å². The minimum atomic E-state index is -0.398. The number of nitrogens with zero attached hydrogens (tertiary/aromatic N) is 2. The standard InChI is InChI=1S/C14H20N4O2/c1-10(2)9-12-13(19)16-7-8-18(12)14(20)17-11-3-5-15-6-4-11/h3-6,10,12H,7-9H2,1-2H3,(H,16,19)(H,15,17,20). The van der Waals surface area contributed by atoms with Gasteiger partial charge in [-0.15, -0.1) is 0 Å². The number of amides is 3. The lowest BCUT2D eigenvalue weighted by molar-refractivity contribution is -0.128. The van der Waals surface area contributed by atoms with Crippen LogP contribution in [-0.2, 0) is 4.79 Å². The highest BCUT2D eigenvalue weighted by molar-refractivity contribution is 5.94. The molecule has 1 fully saturated rings. The molecule has 1 aliphatic heterocycles. The molecular formula is C14H20N4O2. The van der Waals surface area contributed by atoms with Crippen LogP contribution in [0, 0.1) is 5.92 Å². The van der Waals surface area contributed by atoms with E-state index in [0.717, 1.165) is 0 Å². The molecule has 6 heteroatoms. The first-order valence-electron chi connectivity index (χ1n) is 6.83. The molecule has 108 valence electrons. The van der Waals surface area contributed by atoms with Gasteiger partial charge >= 0.3 is 6.03 Å². The second kappa shape index (κ2) is 6.36. The van der Waals surface area contributed by atoms with E-state index in [9.17, 15) is 9.59 Å². The maximum Gasteiger partial charge on any atom is 0.322 e. The quantitative estimate of drug-likeness (QED) is 0.877. The van der Waals surface area contributed by atoms with Gasteiger partial charge in [0.05, 0.1) is 0 Å². The molecular weight excluding hydrogens is 256 g/mol. The Kier molecular flexibility index (Phi) is 4.55. The summed E-state index contributed by atoms with van der Waals surface area (Å²) in [5, 5.41) is 5.62. The molecule has 1 atom stereocenters. The molecule has 1 unspecified atom stereocenters. The number of anilines is 1. The first-order valence-corrected chi connectivity index (χ1v) is 6.83. The molecule has 2 N–H and O–H groups in total. The van der Waals surface area contributed by atoms with E-state index in [1.54, 1.807) is 29.4 Å². The summed E-state index contributed by atoms with van der Waals surface area (Å²) >= 11 is 0. The van der Waals surface area contributed by atoms with Crippen LogP contribution in [0.2, 0.25) is 0 Å². The second-order valence-corrected chi connectivity index (χ2v) is 5.30. The Hall–Kier alpha value is -2.11. The molecule has 0 radical (unpaired) electrons. The van der Waals surface area contributed by atoms with Gasteiger partial charge in [0, 0.05) is 31.2 Å². The minimum absolute atomic E-state index is 0.0742. The van der Waals surface area contributed by atoms with Crippen LogP contribution in [-0.4, -0.2) is 41.0 Å². The van der Waals surface area contributed by atoms with Crippen LogP contribution in [0.1, 0.15) is 20.3 Å². The Morgan fingerprint density at radius 2 is 2.20 bits per heavy atom. The number of piperazine rings is 1. The number of hydrogen-bond acceptors (Lipinski definition) is 3. The summed E-state index contributed by atoms with van der Waals surface area (Å²) in [5.41, 5.74) is 0.680. The van der Waals surface area contributed by atoms with Crippen molar-refractivity contribution in [1.29, 1.82) is 0 Å². The molecule has 2 heterocycles. The van der Waals surface area contributed by atoms with Crippen LogP contribution in [0.25, 0.3) is 0 Å². The molecule has 0 aliphatic carbocycles. The van der Waals surface area contributed by atoms with Crippen molar-refractivity contribution in [3.05, 3.63) is 24.5 Å². The number of pyridine rings is 1. The summed E-state index contributed by atoms with van der Waals surface area (Å²) in [6, 6.07) is 2.81. The van der Waals surface area contributed by atoms with Crippen molar-refractivity contribution < 1.29 is 9.59 Å². The van der Waals surface area contributed by atoms with Gasteiger partial charge in [-0.1, -0.05) is 13.8 Å². The maximum absolute atomic E-state index is 12.3. The highest BCUT2D eigenvalue weighted by Gasteiger charge is 2.33. The number of hydrogen-bond donors (Lipinski definition) is 2. The summed E-state index contributed by atoms with van der Waals surface area (Å²) in [6.07, 6.45) is 3.89. The fourth-order valence-electron chi connectivity index (χ4n) is 2.27. The average molecular weight is 276 g/mol. The summed E-state index contributed by atoms with van der Waals surface area (Å²) in [6.45, 7) is 5.11. The van der Waals surface area contributed by atoms with Crippen LogP contribution in [0.4, 0.5) is 10.5 Å². The topological polar surface area (TPSA) is 74.3 Å². The third kappa shape index (κ3) is 3.46. The molecule has 1 aromatic heterocycles. The SMILES string of the molecule is CC(C)CC1C(=O)NCCN1C(=O)Nc1ccncc1. The molecule has 1 saturated heterocycles. The van der Waals surface area contributed by atoms with E-state index in [-0.39, 0.29) is 11.9 Å². The van der Waals surface area contributed by atoms with Crippen molar-refractivity contribution in [3.63, 3.8) is 0 Å². The van der Waals surface area contributed by atoms with E-state index >= 15 is 0 Å². The summed E-state index contributed by atoms with van der Waals surface area (Å²) in [4.78, 5) is 29.8. The van der Waals surface area contributed by atoms with Gasteiger partial charge < -0.3 is 15.5 Å². The van der Waals surface area contributed by atoms with Crippen LogP contribution < -0.4 is 10.6 Å². The van der Waals surface area contributed by atoms with E-state index in [4.69, 9.17) is 0 Å². The Bertz CT molecular complexity index is 475. The number of carbonyl (C=O) groups is 2. The largest absolute Gasteiger partial charge is 0.353 e. The molecule has 0 spiro atoms. The van der Waals surface area contributed by atoms with Crippen molar-refractivity contribution in [1.82, 2.24) is 15.2 Å². The Morgan fingerprint density at radius 3 is 2.85 bits per heavy atom. The molecule has 0 bridgehead atoms. The molecule has 3 amide bonds. The zero-order valence-corrected chi connectivity index (χ0v) is 11.8. The van der Waals surface area contributed by atoms with E-state index in [1.165, 1.54) is 0 Å². The van der Waals surface area contributed by atoms with Crippen molar-refractivity contribution in [2.45, 2.75) is 26.3 Å². The van der Waals surface area contributed by atoms with Gasteiger partial charge in [-0.25, -0.2) is 4.79 Å². The van der Waals surface area contributed by atoms with Crippen molar-refractivity contribution >= 4 is 17.6 Å². The van der Waals surface area contributed by atoms with E-state index in [0.29, 0.717) is 31.1 Å². The van der Waals surface area contributed by atoms with Crippen molar-refractivity contribution in [3.8, 4) is 0 Å². The highest BCUT2D eigenvalue weighted by Crippen LogP contribution is 2.16. The molecule has 2 rings (SSSR count). The van der Waals surface area contributed by atoms with Crippen molar-refractivity contribution in [2.75, 3.05) is 18.4 Å². The molecule has 6 nitrogen and oxygen atoms in total. The van der Waals surface area contributed by atoms with Gasteiger partial charge in [0.25, 0.3) is 0 Å². The predicted molar refractivity (Wildman–Crippen MR) is 76.2 cm³/mol. The Balaban J connectivity index is 2.07. The Morgan fingerprint density at radius 1 is 1.50 bits per heavy atom. The van der Waals surface area contributed by atoms with Gasteiger partial charge in [-0.2, -0.15) is 0 Å². The summed E-state index contributed by atoms with van der Waals surface area (Å²) in [5.74, 6) is 0.273. The fourth-order valence-corrected chi connectivity index (χ4v) is 2.27. The summed E-state index contributed by atoms with van der Waals surface area (Å²) < 4.78 is 0. The van der Waals surface area contributed by atoms with Crippen LogP contribution >= 0.6 is 0 Å². The third-order valence-electron chi connectivity index (χ3n) is 3.22. The normalized spacial score (nSPS) is 18.9. The maximum atomic E-state index is 12.3. The highest BCUT2D eigenvalue weighted by atomic mass is 16.2. The molecule has 0 aromatic carbocycles. The Labute approximate surface area is 118 Å². The number of urea groups is 1. The van der Waals surface area contributed by atoms with Crippen molar-refractivity contribution in [2.24, 2.45) is 5.92 Å². The second-order valence-electron chi connectivity index (χ2n) is 5.30. The predicted octanol–water partition coefficient (Wildman–Crippen LogP) is 1.46. The number of rotatable bonds is 3.